The van der Waals surface area contributed by atoms with Crippen molar-refractivity contribution in [3.05, 3.63) is 5.82 Å². The highest BCUT2D eigenvalue weighted by Crippen LogP contribution is 2.23. The average molecular weight is 184 g/mol. The minimum Gasteiger partial charge on any atom is -0.481 e. The van der Waals surface area contributed by atoms with Crippen LogP contribution in [0.25, 0.3) is 0 Å². The fraction of sp³-hybridized carbons (Fsp3) is 0.714. The second-order valence-electron chi connectivity index (χ2n) is 3.22. The SMILES string of the molecule is CC(C)C(CC(=O)O)c1nn[nH]n1. The van der Waals surface area contributed by atoms with E-state index in [1.807, 2.05) is 13.8 Å². The highest BCUT2D eigenvalue weighted by atomic mass is 16.4. The summed E-state index contributed by atoms with van der Waals surface area (Å²) in [5.41, 5.74) is 0. The summed E-state index contributed by atoms with van der Waals surface area (Å²) in [7, 11) is 0. The van der Waals surface area contributed by atoms with Crippen molar-refractivity contribution in [3.8, 4) is 0 Å². The zero-order valence-corrected chi connectivity index (χ0v) is 7.56. The molecule has 13 heavy (non-hydrogen) atoms. The fourth-order valence-corrected chi connectivity index (χ4v) is 1.14. The van der Waals surface area contributed by atoms with Crippen LogP contribution in [0.4, 0.5) is 0 Å². The second-order valence-corrected chi connectivity index (χ2v) is 3.22. The molecule has 0 aliphatic carbocycles. The molecule has 0 aromatic carbocycles. The predicted molar refractivity (Wildman–Crippen MR) is 44.0 cm³/mol. The summed E-state index contributed by atoms with van der Waals surface area (Å²) in [5, 5.41) is 21.9. The molecule has 1 unspecified atom stereocenters. The summed E-state index contributed by atoms with van der Waals surface area (Å²) in [4.78, 5) is 10.5. The average Bonchev–Trinajstić information content (AvgIpc) is 2.50. The van der Waals surface area contributed by atoms with E-state index in [2.05, 4.69) is 20.6 Å². The molecule has 2 N–H and O–H groups in total. The number of nitrogens with zero attached hydrogens (tertiary/aromatic N) is 3. The van der Waals surface area contributed by atoms with Crippen molar-refractivity contribution in [2.75, 3.05) is 0 Å². The van der Waals surface area contributed by atoms with E-state index in [-0.39, 0.29) is 18.3 Å². The molecule has 0 saturated carbocycles. The summed E-state index contributed by atoms with van der Waals surface area (Å²) in [6.07, 6.45) is 0.0389. The van der Waals surface area contributed by atoms with Crippen molar-refractivity contribution in [3.63, 3.8) is 0 Å². The van der Waals surface area contributed by atoms with Crippen LogP contribution >= 0.6 is 0 Å². The Morgan fingerprint density at radius 1 is 1.62 bits per heavy atom. The maximum Gasteiger partial charge on any atom is 0.304 e. The number of hydrogen-bond donors (Lipinski definition) is 2. The number of rotatable bonds is 4. The van der Waals surface area contributed by atoms with E-state index >= 15 is 0 Å². The first kappa shape index (κ1) is 9.63. The maximum atomic E-state index is 10.5. The van der Waals surface area contributed by atoms with Crippen molar-refractivity contribution in [1.82, 2.24) is 20.6 Å². The van der Waals surface area contributed by atoms with Crippen molar-refractivity contribution in [2.24, 2.45) is 5.92 Å². The Balaban J connectivity index is 2.74. The van der Waals surface area contributed by atoms with Crippen LogP contribution in [0.15, 0.2) is 0 Å². The number of aromatic nitrogens is 4. The van der Waals surface area contributed by atoms with Crippen LogP contribution in [-0.4, -0.2) is 31.7 Å². The van der Waals surface area contributed by atoms with Gasteiger partial charge in [0.05, 0.1) is 6.42 Å². The van der Waals surface area contributed by atoms with Gasteiger partial charge < -0.3 is 5.11 Å². The lowest BCUT2D eigenvalue weighted by atomic mass is 9.92. The lowest BCUT2D eigenvalue weighted by Gasteiger charge is -2.13. The Kier molecular flexibility index (Phi) is 2.94. The van der Waals surface area contributed by atoms with E-state index < -0.39 is 5.97 Å². The Morgan fingerprint density at radius 2 is 2.31 bits per heavy atom. The van der Waals surface area contributed by atoms with E-state index in [4.69, 9.17) is 5.11 Å². The van der Waals surface area contributed by atoms with Gasteiger partial charge in [0.15, 0.2) is 5.82 Å². The Labute approximate surface area is 75.4 Å². The minimum atomic E-state index is -0.844. The number of aromatic amines is 1. The first-order chi connectivity index (χ1) is 6.11. The molecule has 1 aromatic heterocycles. The van der Waals surface area contributed by atoms with Crippen LogP contribution in [0.1, 0.15) is 32.0 Å². The molecular formula is C7H12N4O2. The van der Waals surface area contributed by atoms with E-state index in [0.29, 0.717) is 5.82 Å². The number of tetrazole rings is 1. The Hall–Kier alpha value is -1.46. The van der Waals surface area contributed by atoms with Crippen LogP contribution in [0, 0.1) is 5.92 Å². The van der Waals surface area contributed by atoms with Crippen LogP contribution in [0.5, 0.6) is 0 Å². The lowest BCUT2D eigenvalue weighted by molar-refractivity contribution is -0.137. The standard InChI is InChI=1S/C7H12N4O2/c1-4(2)5(3-6(12)13)7-8-10-11-9-7/h4-5H,3H2,1-2H3,(H,12,13)(H,8,9,10,11). The highest BCUT2D eigenvalue weighted by Gasteiger charge is 2.22. The molecule has 0 fully saturated rings. The molecule has 0 aliphatic heterocycles. The topological polar surface area (TPSA) is 91.8 Å². The number of H-pyrrole nitrogens is 1. The molecule has 1 aromatic rings. The molecule has 0 bridgehead atoms. The quantitative estimate of drug-likeness (QED) is 0.707. The maximum absolute atomic E-state index is 10.5. The van der Waals surface area contributed by atoms with Crippen LogP contribution in [0.3, 0.4) is 0 Å². The van der Waals surface area contributed by atoms with Gasteiger partial charge in [0.2, 0.25) is 0 Å². The monoisotopic (exact) mass is 184 g/mol. The second kappa shape index (κ2) is 3.97. The molecule has 0 amide bonds. The third-order valence-electron chi connectivity index (χ3n) is 1.89. The lowest BCUT2D eigenvalue weighted by Crippen LogP contribution is -2.13. The van der Waals surface area contributed by atoms with Gasteiger partial charge in [0, 0.05) is 5.92 Å². The zero-order chi connectivity index (χ0) is 9.84. The van der Waals surface area contributed by atoms with Crippen molar-refractivity contribution >= 4 is 5.97 Å². The summed E-state index contributed by atoms with van der Waals surface area (Å²) in [5.74, 6) is -0.356. The van der Waals surface area contributed by atoms with Gasteiger partial charge in [0.25, 0.3) is 0 Å². The molecular weight excluding hydrogens is 172 g/mol. The summed E-state index contributed by atoms with van der Waals surface area (Å²) in [6, 6.07) is 0. The van der Waals surface area contributed by atoms with Crippen LogP contribution in [-0.2, 0) is 4.79 Å². The summed E-state index contributed by atoms with van der Waals surface area (Å²) < 4.78 is 0. The number of carboxylic acid groups (broad SMARTS) is 1. The fourth-order valence-electron chi connectivity index (χ4n) is 1.14. The van der Waals surface area contributed by atoms with Gasteiger partial charge in [-0.15, -0.1) is 10.2 Å². The molecule has 1 rings (SSSR count). The van der Waals surface area contributed by atoms with E-state index in [1.54, 1.807) is 0 Å². The van der Waals surface area contributed by atoms with Crippen LogP contribution < -0.4 is 0 Å². The molecule has 0 aliphatic rings. The van der Waals surface area contributed by atoms with Gasteiger partial charge in [-0.25, -0.2) is 0 Å². The first-order valence-electron chi connectivity index (χ1n) is 4.06. The molecule has 1 atom stereocenters. The molecule has 6 heteroatoms. The molecule has 0 saturated heterocycles. The highest BCUT2D eigenvalue weighted by molar-refractivity contribution is 5.67. The van der Waals surface area contributed by atoms with E-state index in [0.717, 1.165) is 0 Å². The van der Waals surface area contributed by atoms with Crippen LogP contribution in [0.2, 0.25) is 0 Å². The smallest absolute Gasteiger partial charge is 0.304 e. The van der Waals surface area contributed by atoms with Crippen molar-refractivity contribution in [1.29, 1.82) is 0 Å². The Bertz CT molecular complexity index is 270. The first-order valence-corrected chi connectivity index (χ1v) is 4.06. The van der Waals surface area contributed by atoms with Gasteiger partial charge in [-0.05, 0) is 5.92 Å². The zero-order valence-electron chi connectivity index (χ0n) is 7.56. The van der Waals surface area contributed by atoms with Gasteiger partial charge >= 0.3 is 5.97 Å². The normalized spacial score (nSPS) is 13.2. The number of hydrogen-bond acceptors (Lipinski definition) is 4. The number of carbonyl (C=O) groups is 1. The van der Waals surface area contributed by atoms with Crippen molar-refractivity contribution in [2.45, 2.75) is 26.2 Å². The predicted octanol–water partition coefficient (Wildman–Crippen LogP) is 0.414. The number of carboxylic acids is 1. The van der Waals surface area contributed by atoms with Gasteiger partial charge in [-0.3, -0.25) is 4.79 Å². The molecule has 1 heterocycles. The van der Waals surface area contributed by atoms with Gasteiger partial charge in [-0.2, -0.15) is 5.21 Å². The van der Waals surface area contributed by atoms with E-state index in [1.165, 1.54) is 0 Å². The van der Waals surface area contributed by atoms with Gasteiger partial charge in [-0.1, -0.05) is 19.1 Å². The van der Waals surface area contributed by atoms with E-state index in [9.17, 15) is 4.79 Å². The van der Waals surface area contributed by atoms with Crippen molar-refractivity contribution < 1.29 is 9.90 Å². The molecule has 0 radical (unpaired) electrons. The third kappa shape index (κ3) is 2.50. The Morgan fingerprint density at radius 3 is 2.69 bits per heavy atom. The number of aliphatic carboxylic acids is 1. The molecule has 72 valence electrons. The summed E-state index contributed by atoms with van der Waals surface area (Å²) >= 11 is 0. The largest absolute Gasteiger partial charge is 0.481 e. The minimum absolute atomic E-state index is 0.0389. The van der Waals surface area contributed by atoms with Gasteiger partial charge in [0.1, 0.15) is 0 Å². The molecule has 6 nitrogen and oxygen atoms in total. The number of nitrogens with one attached hydrogen (secondary N) is 1. The summed E-state index contributed by atoms with van der Waals surface area (Å²) in [6.45, 7) is 3.87. The molecule has 0 spiro atoms. The third-order valence-corrected chi connectivity index (χ3v) is 1.89.